The van der Waals surface area contributed by atoms with E-state index in [4.69, 9.17) is 0 Å². The molecule has 2 aliphatic rings. The summed E-state index contributed by atoms with van der Waals surface area (Å²) in [5.41, 5.74) is 0.765. The van der Waals surface area contributed by atoms with Crippen molar-refractivity contribution in [3.05, 3.63) is 30.1 Å². The number of aliphatic hydroxyl groups is 1. The quantitative estimate of drug-likeness (QED) is 0.904. The molecule has 3 rings (SSSR count). The third-order valence-corrected chi connectivity index (χ3v) is 4.51. The van der Waals surface area contributed by atoms with Gasteiger partial charge in [0, 0.05) is 32.0 Å². The lowest BCUT2D eigenvalue weighted by Gasteiger charge is -2.41. The molecule has 1 N–H and O–H groups in total. The lowest BCUT2D eigenvalue weighted by atomic mass is 9.92. The molecule has 3 heterocycles. The number of hydrogen-bond donors (Lipinski definition) is 1. The van der Waals surface area contributed by atoms with Crippen molar-refractivity contribution < 1.29 is 5.11 Å². The molecular formula is C16H25N3O. The van der Waals surface area contributed by atoms with Crippen LogP contribution >= 0.6 is 0 Å². The van der Waals surface area contributed by atoms with E-state index in [1.165, 1.54) is 18.4 Å². The number of nitrogens with zero attached hydrogens (tertiary/aromatic N) is 3. The summed E-state index contributed by atoms with van der Waals surface area (Å²) >= 11 is 0. The second kappa shape index (κ2) is 6.20. The number of rotatable bonds is 4. The molecule has 0 unspecified atom stereocenters. The fourth-order valence-electron chi connectivity index (χ4n) is 3.57. The van der Waals surface area contributed by atoms with Crippen molar-refractivity contribution in [2.24, 2.45) is 0 Å². The van der Waals surface area contributed by atoms with E-state index in [0.717, 1.165) is 52.1 Å². The summed E-state index contributed by atoms with van der Waals surface area (Å²) in [5.74, 6) is 0. The molecule has 2 fully saturated rings. The highest BCUT2D eigenvalue weighted by Gasteiger charge is 2.35. The summed E-state index contributed by atoms with van der Waals surface area (Å²) in [6.45, 7) is 5.97. The lowest BCUT2D eigenvalue weighted by Crippen LogP contribution is -2.53. The van der Waals surface area contributed by atoms with Gasteiger partial charge in [-0.2, -0.15) is 0 Å². The fourth-order valence-corrected chi connectivity index (χ4v) is 3.57. The zero-order chi connectivity index (χ0) is 13.8. The van der Waals surface area contributed by atoms with Crippen LogP contribution in [0.2, 0.25) is 0 Å². The molecule has 2 aliphatic heterocycles. The van der Waals surface area contributed by atoms with Crippen molar-refractivity contribution in [3.8, 4) is 0 Å². The Morgan fingerprint density at radius 2 is 1.75 bits per heavy atom. The second-order valence-corrected chi connectivity index (χ2v) is 6.38. The Bertz CT molecular complexity index is 419. The molecule has 1 aromatic heterocycles. The molecule has 4 heteroatoms. The normalized spacial score (nSPS) is 28.9. The standard InChI is InChI=1S/C16H25N3O/c20-16(13-18-9-1-2-10-18)6-3-11-19(14-16)12-15-4-7-17-8-5-15/h4-5,7-8,20H,1-3,6,9-14H2/t16-/m1/s1. The minimum atomic E-state index is -0.518. The van der Waals surface area contributed by atoms with Crippen LogP contribution in [0.4, 0.5) is 0 Å². The van der Waals surface area contributed by atoms with E-state index < -0.39 is 5.60 Å². The number of piperidine rings is 1. The summed E-state index contributed by atoms with van der Waals surface area (Å²) in [6.07, 6.45) is 8.30. The molecule has 0 spiro atoms. The molecule has 0 aliphatic carbocycles. The van der Waals surface area contributed by atoms with E-state index in [-0.39, 0.29) is 0 Å². The van der Waals surface area contributed by atoms with Gasteiger partial charge in [-0.15, -0.1) is 0 Å². The summed E-state index contributed by atoms with van der Waals surface area (Å²) in [7, 11) is 0. The van der Waals surface area contributed by atoms with Crippen molar-refractivity contribution in [2.45, 2.75) is 37.8 Å². The first-order valence-electron chi connectivity index (χ1n) is 7.80. The molecule has 0 radical (unpaired) electrons. The molecule has 1 atom stereocenters. The second-order valence-electron chi connectivity index (χ2n) is 6.38. The van der Waals surface area contributed by atoms with E-state index >= 15 is 0 Å². The molecule has 20 heavy (non-hydrogen) atoms. The van der Waals surface area contributed by atoms with Gasteiger partial charge in [0.1, 0.15) is 0 Å². The third-order valence-electron chi connectivity index (χ3n) is 4.51. The van der Waals surface area contributed by atoms with Crippen LogP contribution in [0, 0.1) is 0 Å². The zero-order valence-electron chi connectivity index (χ0n) is 12.2. The van der Waals surface area contributed by atoms with Gasteiger partial charge in [-0.3, -0.25) is 9.88 Å². The maximum atomic E-state index is 10.9. The van der Waals surface area contributed by atoms with Gasteiger partial charge < -0.3 is 10.0 Å². The highest BCUT2D eigenvalue weighted by Crippen LogP contribution is 2.25. The van der Waals surface area contributed by atoms with Gasteiger partial charge in [-0.25, -0.2) is 0 Å². The predicted octanol–water partition coefficient (Wildman–Crippen LogP) is 1.50. The van der Waals surface area contributed by atoms with Crippen LogP contribution in [0.3, 0.4) is 0 Å². The number of hydrogen-bond acceptors (Lipinski definition) is 4. The Morgan fingerprint density at radius 3 is 2.50 bits per heavy atom. The first-order chi connectivity index (χ1) is 9.73. The molecule has 110 valence electrons. The van der Waals surface area contributed by atoms with E-state index in [1.807, 2.05) is 12.4 Å². The van der Waals surface area contributed by atoms with Crippen LogP contribution in [-0.4, -0.2) is 58.2 Å². The lowest BCUT2D eigenvalue weighted by molar-refractivity contribution is -0.0519. The van der Waals surface area contributed by atoms with Crippen molar-refractivity contribution in [1.29, 1.82) is 0 Å². The monoisotopic (exact) mass is 275 g/mol. The van der Waals surface area contributed by atoms with Gasteiger partial charge >= 0.3 is 0 Å². The SMILES string of the molecule is O[C@@]1(CN2CCCC2)CCCN(Cc2ccncc2)C1. The maximum Gasteiger partial charge on any atom is 0.0900 e. The van der Waals surface area contributed by atoms with Gasteiger partial charge in [0.05, 0.1) is 5.60 Å². The first-order valence-corrected chi connectivity index (χ1v) is 7.80. The summed E-state index contributed by atoms with van der Waals surface area (Å²) in [6, 6.07) is 4.13. The molecular weight excluding hydrogens is 250 g/mol. The van der Waals surface area contributed by atoms with Gasteiger partial charge in [0.25, 0.3) is 0 Å². The van der Waals surface area contributed by atoms with Crippen molar-refractivity contribution in [1.82, 2.24) is 14.8 Å². The number of aromatic nitrogens is 1. The number of pyridine rings is 1. The highest BCUT2D eigenvalue weighted by molar-refractivity contribution is 5.10. The van der Waals surface area contributed by atoms with Crippen LogP contribution in [0.25, 0.3) is 0 Å². The maximum absolute atomic E-state index is 10.9. The minimum absolute atomic E-state index is 0.518. The molecule has 0 saturated carbocycles. The van der Waals surface area contributed by atoms with E-state index in [0.29, 0.717) is 0 Å². The minimum Gasteiger partial charge on any atom is -0.387 e. The first kappa shape index (κ1) is 14.0. The van der Waals surface area contributed by atoms with Gasteiger partial charge in [-0.05, 0) is 63.0 Å². The molecule has 4 nitrogen and oxygen atoms in total. The van der Waals surface area contributed by atoms with Crippen LogP contribution in [0.15, 0.2) is 24.5 Å². The Labute approximate surface area is 121 Å². The Balaban J connectivity index is 1.57. The predicted molar refractivity (Wildman–Crippen MR) is 79.4 cm³/mol. The van der Waals surface area contributed by atoms with Crippen LogP contribution in [0.1, 0.15) is 31.2 Å². The van der Waals surface area contributed by atoms with E-state index in [9.17, 15) is 5.11 Å². The van der Waals surface area contributed by atoms with E-state index in [2.05, 4.69) is 26.9 Å². The Hall–Kier alpha value is -0.970. The van der Waals surface area contributed by atoms with E-state index in [1.54, 1.807) is 0 Å². The highest BCUT2D eigenvalue weighted by atomic mass is 16.3. The Kier molecular flexibility index (Phi) is 4.34. The molecule has 0 aromatic carbocycles. The largest absolute Gasteiger partial charge is 0.387 e. The average Bonchev–Trinajstić information content (AvgIpc) is 2.92. The van der Waals surface area contributed by atoms with Crippen molar-refractivity contribution in [2.75, 3.05) is 32.7 Å². The third kappa shape index (κ3) is 3.57. The molecule has 0 bridgehead atoms. The van der Waals surface area contributed by atoms with Crippen LogP contribution in [0.5, 0.6) is 0 Å². The van der Waals surface area contributed by atoms with Gasteiger partial charge in [0.2, 0.25) is 0 Å². The Morgan fingerprint density at radius 1 is 1.05 bits per heavy atom. The summed E-state index contributed by atoms with van der Waals surface area (Å²) in [4.78, 5) is 8.87. The average molecular weight is 275 g/mol. The topological polar surface area (TPSA) is 39.6 Å². The smallest absolute Gasteiger partial charge is 0.0900 e. The van der Waals surface area contributed by atoms with Crippen molar-refractivity contribution >= 4 is 0 Å². The fraction of sp³-hybridized carbons (Fsp3) is 0.688. The number of β-amino-alcohol motifs (C(OH)–C–C–N with tert-alkyl or cyclic N) is 1. The van der Waals surface area contributed by atoms with Crippen molar-refractivity contribution in [3.63, 3.8) is 0 Å². The zero-order valence-corrected chi connectivity index (χ0v) is 12.2. The number of likely N-dealkylation sites (tertiary alicyclic amines) is 2. The molecule has 1 aromatic rings. The summed E-state index contributed by atoms with van der Waals surface area (Å²) in [5, 5.41) is 10.9. The summed E-state index contributed by atoms with van der Waals surface area (Å²) < 4.78 is 0. The van der Waals surface area contributed by atoms with Gasteiger partial charge in [0.15, 0.2) is 0 Å². The molecule has 2 saturated heterocycles. The van der Waals surface area contributed by atoms with Crippen LogP contribution < -0.4 is 0 Å². The molecule has 0 amide bonds. The van der Waals surface area contributed by atoms with Crippen LogP contribution in [-0.2, 0) is 6.54 Å². The van der Waals surface area contributed by atoms with Gasteiger partial charge in [-0.1, -0.05) is 0 Å².